The highest BCUT2D eigenvalue weighted by atomic mass is 32.2. The van der Waals surface area contributed by atoms with Crippen LogP contribution in [0.15, 0.2) is 24.3 Å². The van der Waals surface area contributed by atoms with E-state index in [1.54, 1.807) is 13.8 Å². The lowest BCUT2D eigenvalue weighted by Crippen LogP contribution is -2.48. The van der Waals surface area contributed by atoms with Gasteiger partial charge >= 0.3 is 5.97 Å². The number of aliphatic carboxylic acids is 1. The van der Waals surface area contributed by atoms with Crippen LogP contribution in [0.3, 0.4) is 0 Å². The summed E-state index contributed by atoms with van der Waals surface area (Å²) in [4.78, 5) is 36.6. The molecule has 6 nitrogen and oxygen atoms in total. The number of benzene rings is 1. The summed E-state index contributed by atoms with van der Waals surface area (Å²) in [6, 6.07) is 3.87. The maximum atomic E-state index is 13.0. The number of nitrogens with zero attached hydrogens (tertiary/aromatic N) is 1. The predicted octanol–water partition coefficient (Wildman–Crippen LogP) is 1.38. The number of imide groups is 1. The van der Waals surface area contributed by atoms with Gasteiger partial charge in [-0.2, -0.15) is 0 Å². The number of carbonyl (C=O) groups excluding carboxylic acids is 2. The smallest absolute Gasteiger partial charge is 0.321 e. The van der Waals surface area contributed by atoms with Gasteiger partial charge in [-0.25, -0.2) is 9.29 Å². The van der Waals surface area contributed by atoms with Gasteiger partial charge in [-0.3, -0.25) is 14.4 Å². The Morgan fingerprint density at radius 2 is 1.96 bits per heavy atom. The fourth-order valence-corrected chi connectivity index (χ4v) is 3.71. The first-order valence-electron chi connectivity index (χ1n) is 6.92. The molecule has 0 saturated carbocycles. The third-order valence-electron chi connectivity index (χ3n) is 3.65. The number of rotatable bonds is 5. The third-order valence-corrected chi connectivity index (χ3v) is 5.17. The highest BCUT2D eigenvalue weighted by Gasteiger charge is 2.45. The molecule has 0 radical (unpaired) electrons. The molecule has 124 valence electrons. The highest BCUT2D eigenvalue weighted by molar-refractivity contribution is 8.02. The van der Waals surface area contributed by atoms with Crippen molar-refractivity contribution < 1.29 is 23.9 Å². The molecule has 8 heteroatoms. The van der Waals surface area contributed by atoms with E-state index in [9.17, 15) is 18.8 Å². The Labute approximate surface area is 136 Å². The van der Waals surface area contributed by atoms with Gasteiger partial charge in [0.25, 0.3) is 0 Å². The summed E-state index contributed by atoms with van der Waals surface area (Å²) in [5, 5.41) is 8.31. The van der Waals surface area contributed by atoms with E-state index in [0.717, 1.165) is 16.7 Å². The van der Waals surface area contributed by atoms with Crippen molar-refractivity contribution in [3.8, 4) is 0 Å². The molecule has 3 N–H and O–H groups in total. The molecule has 0 aliphatic carbocycles. The number of halogens is 1. The minimum atomic E-state index is -1.17. The van der Waals surface area contributed by atoms with Crippen molar-refractivity contribution in [1.29, 1.82) is 0 Å². The average Bonchev–Trinajstić information content (AvgIpc) is 2.73. The molecule has 2 atom stereocenters. The zero-order chi connectivity index (χ0) is 17.4. The second kappa shape index (κ2) is 6.29. The standard InChI is InChI=1S/C15H17FN2O4S/c1-15(2,12(17)14(21)22)23-10-7-11(19)18(13(10)20)9-5-3-8(16)4-6-9/h3-6,10,12H,7,17H2,1-2H3,(H,21,22). The molecule has 23 heavy (non-hydrogen) atoms. The van der Waals surface area contributed by atoms with Crippen molar-refractivity contribution in [2.75, 3.05) is 4.90 Å². The van der Waals surface area contributed by atoms with Crippen LogP contribution >= 0.6 is 11.8 Å². The third kappa shape index (κ3) is 3.53. The molecular weight excluding hydrogens is 323 g/mol. The van der Waals surface area contributed by atoms with Crippen molar-refractivity contribution >= 4 is 35.2 Å². The minimum absolute atomic E-state index is 0.0450. The van der Waals surface area contributed by atoms with Gasteiger partial charge in [-0.05, 0) is 38.1 Å². The molecule has 2 unspecified atom stereocenters. The Morgan fingerprint density at radius 1 is 1.39 bits per heavy atom. The molecule has 0 aromatic heterocycles. The van der Waals surface area contributed by atoms with E-state index in [1.807, 2.05) is 0 Å². The average molecular weight is 340 g/mol. The van der Waals surface area contributed by atoms with Crippen LogP contribution in [0.4, 0.5) is 10.1 Å². The van der Waals surface area contributed by atoms with E-state index in [4.69, 9.17) is 10.8 Å². The first-order chi connectivity index (χ1) is 10.6. The Hall–Kier alpha value is -1.93. The Morgan fingerprint density at radius 3 is 2.48 bits per heavy atom. The molecule has 2 rings (SSSR count). The van der Waals surface area contributed by atoms with E-state index in [0.29, 0.717) is 5.69 Å². The molecule has 1 aromatic rings. The molecule has 1 saturated heterocycles. The van der Waals surface area contributed by atoms with Gasteiger partial charge in [0.1, 0.15) is 11.9 Å². The van der Waals surface area contributed by atoms with E-state index >= 15 is 0 Å². The Bertz CT molecular complexity index is 647. The zero-order valence-electron chi connectivity index (χ0n) is 12.7. The molecule has 1 aliphatic rings. The zero-order valence-corrected chi connectivity index (χ0v) is 13.5. The molecule has 2 amide bonds. The Balaban J connectivity index is 2.18. The van der Waals surface area contributed by atoms with Crippen LogP contribution < -0.4 is 10.6 Å². The van der Waals surface area contributed by atoms with E-state index < -0.39 is 39.6 Å². The first-order valence-corrected chi connectivity index (χ1v) is 7.80. The van der Waals surface area contributed by atoms with Crippen LogP contribution in [0, 0.1) is 5.82 Å². The number of thioether (sulfide) groups is 1. The normalized spacial score (nSPS) is 20.0. The van der Waals surface area contributed by atoms with Crippen LogP contribution in [0.5, 0.6) is 0 Å². The highest BCUT2D eigenvalue weighted by Crippen LogP contribution is 2.38. The summed E-state index contributed by atoms with van der Waals surface area (Å²) in [5.41, 5.74) is 5.94. The lowest BCUT2D eigenvalue weighted by atomic mass is 10.1. The summed E-state index contributed by atoms with van der Waals surface area (Å²) in [7, 11) is 0. The van der Waals surface area contributed by atoms with Crippen molar-refractivity contribution in [2.24, 2.45) is 5.73 Å². The second-order valence-electron chi connectivity index (χ2n) is 5.77. The number of carbonyl (C=O) groups is 3. The van der Waals surface area contributed by atoms with E-state index in [1.165, 1.54) is 24.3 Å². The second-order valence-corrected chi connectivity index (χ2v) is 7.63. The summed E-state index contributed by atoms with van der Waals surface area (Å²) in [6.45, 7) is 3.24. The van der Waals surface area contributed by atoms with Gasteiger partial charge in [0.15, 0.2) is 0 Å². The molecule has 0 spiro atoms. The van der Waals surface area contributed by atoms with Gasteiger partial charge in [-0.15, -0.1) is 11.8 Å². The maximum Gasteiger partial charge on any atom is 0.321 e. The summed E-state index contributed by atoms with van der Waals surface area (Å²) < 4.78 is 12.0. The van der Waals surface area contributed by atoms with Crippen molar-refractivity contribution in [3.05, 3.63) is 30.1 Å². The monoisotopic (exact) mass is 340 g/mol. The van der Waals surface area contributed by atoms with Gasteiger partial charge < -0.3 is 10.8 Å². The number of hydrogen-bond donors (Lipinski definition) is 2. The fraction of sp³-hybridized carbons (Fsp3) is 0.400. The SMILES string of the molecule is CC(C)(SC1CC(=O)N(c2ccc(F)cc2)C1=O)C(N)C(=O)O. The number of carboxylic acids is 1. The van der Waals surface area contributed by atoms with Crippen LogP contribution in [-0.4, -0.2) is 38.9 Å². The number of carboxylic acid groups (broad SMARTS) is 1. The van der Waals surface area contributed by atoms with Crippen molar-refractivity contribution in [3.63, 3.8) is 0 Å². The summed E-state index contributed by atoms with van der Waals surface area (Å²) in [6.07, 6.45) is -0.0450. The van der Waals surface area contributed by atoms with Crippen molar-refractivity contribution in [1.82, 2.24) is 0 Å². The lowest BCUT2D eigenvalue weighted by molar-refractivity contribution is -0.139. The van der Waals surface area contributed by atoms with Crippen molar-refractivity contribution in [2.45, 2.75) is 36.3 Å². The first kappa shape index (κ1) is 17.4. The maximum absolute atomic E-state index is 13.0. The van der Waals surface area contributed by atoms with Gasteiger partial charge in [0, 0.05) is 11.2 Å². The van der Waals surface area contributed by atoms with Gasteiger partial charge in [0.2, 0.25) is 11.8 Å². The summed E-state index contributed by atoms with van der Waals surface area (Å²) in [5.74, 6) is -2.49. The lowest BCUT2D eigenvalue weighted by Gasteiger charge is -2.30. The molecule has 1 aromatic carbocycles. The molecule has 1 aliphatic heterocycles. The molecular formula is C15H17FN2O4S. The summed E-state index contributed by atoms with van der Waals surface area (Å²) >= 11 is 1.07. The fourth-order valence-electron chi connectivity index (χ4n) is 2.29. The van der Waals surface area contributed by atoms with E-state index in [2.05, 4.69) is 0 Å². The van der Waals surface area contributed by atoms with Crippen LogP contribution in [0.25, 0.3) is 0 Å². The van der Waals surface area contributed by atoms with Crippen LogP contribution in [0.2, 0.25) is 0 Å². The van der Waals surface area contributed by atoms with Gasteiger partial charge in [0.05, 0.1) is 10.9 Å². The molecule has 1 fully saturated rings. The largest absolute Gasteiger partial charge is 0.480 e. The van der Waals surface area contributed by atoms with Crippen LogP contribution in [0.1, 0.15) is 20.3 Å². The van der Waals surface area contributed by atoms with E-state index in [-0.39, 0.29) is 6.42 Å². The number of anilines is 1. The topological polar surface area (TPSA) is 101 Å². The quantitative estimate of drug-likeness (QED) is 0.786. The predicted molar refractivity (Wildman–Crippen MR) is 84.6 cm³/mol. The number of nitrogens with two attached hydrogens (primary N) is 1. The van der Waals surface area contributed by atoms with Gasteiger partial charge in [-0.1, -0.05) is 0 Å². The molecule has 0 bridgehead atoms. The van der Waals surface area contributed by atoms with Crippen LogP contribution in [-0.2, 0) is 14.4 Å². The number of amides is 2. The Kier molecular flexibility index (Phi) is 4.76. The minimum Gasteiger partial charge on any atom is -0.480 e. The molecule has 1 heterocycles. The number of hydrogen-bond acceptors (Lipinski definition) is 5.